The van der Waals surface area contributed by atoms with Crippen molar-refractivity contribution in [3.8, 4) is 23.1 Å². The zero-order valence-corrected chi connectivity index (χ0v) is 13.1. The molecule has 0 bridgehead atoms. The van der Waals surface area contributed by atoms with Gasteiger partial charge in [0.05, 0.1) is 12.5 Å². The van der Waals surface area contributed by atoms with Gasteiger partial charge in [0, 0.05) is 24.4 Å². The molecule has 0 amide bonds. The van der Waals surface area contributed by atoms with E-state index in [9.17, 15) is 0 Å². The number of benzene rings is 1. The van der Waals surface area contributed by atoms with E-state index in [2.05, 4.69) is 15.2 Å². The Morgan fingerprint density at radius 2 is 2.00 bits per heavy atom. The van der Waals surface area contributed by atoms with E-state index in [4.69, 9.17) is 13.9 Å². The van der Waals surface area contributed by atoms with Crippen molar-refractivity contribution in [1.82, 2.24) is 15.2 Å². The highest BCUT2D eigenvalue weighted by atomic mass is 16.5. The second-order valence-electron chi connectivity index (χ2n) is 5.66. The van der Waals surface area contributed by atoms with Gasteiger partial charge in [0.15, 0.2) is 0 Å². The standard InChI is InChI=1S/C18H17N3O3/c1-2-6-15(7-3-1)23-16-11-13(8-9-19-16)17-20-21-18(24-17)14-5-4-10-22-12-14/h1-3,6-9,11,14H,4-5,10,12H2. The molecular weight excluding hydrogens is 306 g/mol. The maximum atomic E-state index is 5.83. The van der Waals surface area contributed by atoms with Crippen molar-refractivity contribution < 1.29 is 13.9 Å². The molecule has 0 aliphatic carbocycles. The van der Waals surface area contributed by atoms with Crippen molar-refractivity contribution in [3.63, 3.8) is 0 Å². The molecule has 0 radical (unpaired) electrons. The molecule has 2 aromatic heterocycles. The highest BCUT2D eigenvalue weighted by molar-refractivity contribution is 5.53. The van der Waals surface area contributed by atoms with Crippen molar-refractivity contribution in [2.24, 2.45) is 0 Å². The fourth-order valence-electron chi connectivity index (χ4n) is 2.66. The van der Waals surface area contributed by atoms with Crippen LogP contribution in [-0.4, -0.2) is 28.4 Å². The van der Waals surface area contributed by atoms with Crippen molar-refractivity contribution in [2.45, 2.75) is 18.8 Å². The van der Waals surface area contributed by atoms with Gasteiger partial charge in [0.2, 0.25) is 17.7 Å². The summed E-state index contributed by atoms with van der Waals surface area (Å²) < 4.78 is 17.1. The third kappa shape index (κ3) is 3.28. The highest BCUT2D eigenvalue weighted by Crippen LogP contribution is 2.28. The van der Waals surface area contributed by atoms with Crippen LogP contribution in [0.1, 0.15) is 24.7 Å². The average molecular weight is 323 g/mol. The van der Waals surface area contributed by atoms with E-state index in [-0.39, 0.29) is 5.92 Å². The zero-order valence-electron chi connectivity index (χ0n) is 13.1. The quantitative estimate of drug-likeness (QED) is 0.727. The Hall–Kier alpha value is -2.73. The summed E-state index contributed by atoms with van der Waals surface area (Å²) in [6.45, 7) is 1.45. The van der Waals surface area contributed by atoms with Crippen LogP contribution in [-0.2, 0) is 4.74 Å². The summed E-state index contributed by atoms with van der Waals surface area (Å²) in [5.41, 5.74) is 0.784. The first-order chi connectivity index (χ1) is 11.9. The lowest BCUT2D eigenvalue weighted by Crippen LogP contribution is -2.15. The van der Waals surface area contributed by atoms with E-state index < -0.39 is 0 Å². The maximum absolute atomic E-state index is 5.83. The Bertz CT molecular complexity index is 798. The molecule has 122 valence electrons. The Labute approximate surface area is 139 Å². The van der Waals surface area contributed by atoms with Crippen molar-refractivity contribution in [3.05, 3.63) is 54.6 Å². The number of nitrogens with zero attached hydrogens (tertiary/aromatic N) is 3. The Balaban J connectivity index is 1.54. The molecule has 4 rings (SSSR count). The van der Waals surface area contributed by atoms with E-state index in [1.54, 1.807) is 12.3 Å². The lowest BCUT2D eigenvalue weighted by atomic mass is 10.0. The minimum Gasteiger partial charge on any atom is -0.439 e. The minimum absolute atomic E-state index is 0.182. The van der Waals surface area contributed by atoms with Gasteiger partial charge in [0.1, 0.15) is 5.75 Å². The smallest absolute Gasteiger partial charge is 0.248 e. The van der Waals surface area contributed by atoms with E-state index >= 15 is 0 Å². The second kappa shape index (κ2) is 6.80. The fraction of sp³-hybridized carbons (Fsp3) is 0.278. The van der Waals surface area contributed by atoms with E-state index in [1.165, 1.54) is 0 Å². The minimum atomic E-state index is 0.182. The van der Waals surface area contributed by atoms with Gasteiger partial charge in [-0.2, -0.15) is 0 Å². The molecule has 1 aliphatic heterocycles. The summed E-state index contributed by atoms with van der Waals surface area (Å²) in [6, 6.07) is 13.1. The molecule has 1 fully saturated rings. The zero-order chi connectivity index (χ0) is 16.2. The lowest BCUT2D eigenvalue weighted by molar-refractivity contribution is 0.0727. The largest absolute Gasteiger partial charge is 0.439 e. The number of rotatable bonds is 4. The topological polar surface area (TPSA) is 70.3 Å². The third-order valence-corrected chi connectivity index (χ3v) is 3.90. The first kappa shape index (κ1) is 14.8. The summed E-state index contributed by atoms with van der Waals surface area (Å²) >= 11 is 0. The van der Waals surface area contributed by atoms with Gasteiger partial charge in [0.25, 0.3) is 0 Å². The molecule has 1 saturated heterocycles. The first-order valence-electron chi connectivity index (χ1n) is 7.99. The average Bonchev–Trinajstić information content (AvgIpc) is 3.14. The van der Waals surface area contributed by atoms with E-state index in [0.29, 0.717) is 24.3 Å². The summed E-state index contributed by atoms with van der Waals surface area (Å²) in [7, 11) is 0. The van der Waals surface area contributed by atoms with Crippen LogP contribution in [0.4, 0.5) is 0 Å². The highest BCUT2D eigenvalue weighted by Gasteiger charge is 2.22. The van der Waals surface area contributed by atoms with Gasteiger partial charge in [-0.25, -0.2) is 4.98 Å². The molecule has 0 spiro atoms. The number of hydrogen-bond donors (Lipinski definition) is 0. The SMILES string of the molecule is c1ccc(Oc2cc(-c3nnc(C4CCCOC4)o3)ccn2)cc1. The lowest BCUT2D eigenvalue weighted by Gasteiger charge is -2.18. The predicted octanol–water partition coefficient (Wildman–Crippen LogP) is 3.82. The summed E-state index contributed by atoms with van der Waals surface area (Å²) in [6.07, 6.45) is 3.70. The van der Waals surface area contributed by atoms with Crippen LogP contribution in [0.25, 0.3) is 11.5 Å². The number of aromatic nitrogens is 3. The normalized spacial score (nSPS) is 17.6. The van der Waals surface area contributed by atoms with Crippen molar-refractivity contribution in [2.75, 3.05) is 13.2 Å². The molecule has 3 heterocycles. The van der Waals surface area contributed by atoms with E-state index in [0.717, 1.165) is 30.8 Å². The Morgan fingerprint density at radius 3 is 2.83 bits per heavy atom. The van der Waals surface area contributed by atoms with Gasteiger partial charge in [-0.1, -0.05) is 18.2 Å². The second-order valence-corrected chi connectivity index (χ2v) is 5.66. The monoisotopic (exact) mass is 323 g/mol. The Morgan fingerprint density at radius 1 is 1.08 bits per heavy atom. The molecule has 6 heteroatoms. The van der Waals surface area contributed by atoms with Crippen molar-refractivity contribution >= 4 is 0 Å². The summed E-state index contributed by atoms with van der Waals surface area (Å²) in [4.78, 5) is 4.22. The van der Waals surface area contributed by atoms with Crippen LogP contribution in [0.15, 0.2) is 53.1 Å². The summed E-state index contributed by atoms with van der Waals surface area (Å²) in [5.74, 6) is 2.50. The molecule has 1 aromatic carbocycles. The first-order valence-corrected chi connectivity index (χ1v) is 7.99. The van der Waals surface area contributed by atoms with E-state index in [1.807, 2.05) is 36.4 Å². The van der Waals surface area contributed by atoms with Crippen LogP contribution in [0.5, 0.6) is 11.6 Å². The molecule has 1 aliphatic rings. The van der Waals surface area contributed by atoms with Gasteiger partial charge in [-0.05, 0) is 31.0 Å². The molecule has 1 atom stereocenters. The Kier molecular flexibility index (Phi) is 4.20. The molecule has 0 N–H and O–H groups in total. The fourth-order valence-corrected chi connectivity index (χ4v) is 2.66. The summed E-state index contributed by atoms with van der Waals surface area (Å²) in [5, 5.41) is 8.33. The number of para-hydroxylation sites is 1. The van der Waals surface area contributed by atoms with Crippen LogP contribution in [0, 0.1) is 0 Å². The van der Waals surface area contributed by atoms with Crippen molar-refractivity contribution in [1.29, 1.82) is 0 Å². The molecular formula is C18H17N3O3. The number of hydrogen-bond acceptors (Lipinski definition) is 6. The molecule has 3 aromatic rings. The van der Waals surface area contributed by atoms with Gasteiger partial charge in [-0.3, -0.25) is 0 Å². The molecule has 24 heavy (non-hydrogen) atoms. The van der Waals surface area contributed by atoms with Gasteiger partial charge in [-0.15, -0.1) is 10.2 Å². The predicted molar refractivity (Wildman–Crippen MR) is 86.8 cm³/mol. The van der Waals surface area contributed by atoms with Crippen LogP contribution >= 0.6 is 0 Å². The van der Waals surface area contributed by atoms with Gasteiger partial charge < -0.3 is 13.9 Å². The van der Waals surface area contributed by atoms with Crippen LogP contribution in [0.3, 0.4) is 0 Å². The van der Waals surface area contributed by atoms with Gasteiger partial charge >= 0.3 is 0 Å². The molecule has 6 nitrogen and oxygen atoms in total. The maximum Gasteiger partial charge on any atom is 0.248 e. The number of pyridine rings is 1. The van der Waals surface area contributed by atoms with Crippen LogP contribution in [0.2, 0.25) is 0 Å². The molecule has 0 saturated carbocycles. The number of ether oxygens (including phenoxy) is 2. The van der Waals surface area contributed by atoms with Crippen LogP contribution < -0.4 is 4.74 Å². The third-order valence-electron chi connectivity index (χ3n) is 3.90. The molecule has 1 unspecified atom stereocenters.